The van der Waals surface area contributed by atoms with Crippen molar-refractivity contribution < 1.29 is 14.7 Å². The first-order valence-corrected chi connectivity index (χ1v) is 6.74. The maximum absolute atomic E-state index is 11.7. The standard InChI is InChI=1S/C12H15N3O3S/c1-12(13,11(17)18)9-5-8-7(6-14-9)15(2)10(16)3-4-19-8/h5-6H,3-4,13H2,1-2H3,(H,17,18). The van der Waals surface area contributed by atoms with Crippen molar-refractivity contribution >= 4 is 29.3 Å². The Labute approximate surface area is 115 Å². The van der Waals surface area contributed by atoms with E-state index in [0.717, 1.165) is 4.90 Å². The highest BCUT2D eigenvalue weighted by molar-refractivity contribution is 7.99. The maximum atomic E-state index is 11.7. The zero-order valence-electron chi connectivity index (χ0n) is 10.7. The van der Waals surface area contributed by atoms with E-state index in [1.165, 1.54) is 24.9 Å². The number of anilines is 1. The molecule has 1 atom stereocenters. The quantitative estimate of drug-likeness (QED) is 0.832. The van der Waals surface area contributed by atoms with Gasteiger partial charge in [-0.2, -0.15) is 0 Å². The zero-order valence-corrected chi connectivity index (χ0v) is 11.5. The van der Waals surface area contributed by atoms with Gasteiger partial charge < -0.3 is 15.7 Å². The molecule has 0 fully saturated rings. The van der Waals surface area contributed by atoms with Gasteiger partial charge in [0.15, 0.2) is 5.54 Å². The number of carbonyl (C=O) groups is 2. The molecule has 0 aromatic carbocycles. The Balaban J connectivity index is 2.47. The normalized spacial score (nSPS) is 18.5. The molecule has 0 aliphatic carbocycles. The van der Waals surface area contributed by atoms with Crippen LogP contribution in [0.4, 0.5) is 5.69 Å². The van der Waals surface area contributed by atoms with Crippen molar-refractivity contribution in [2.75, 3.05) is 17.7 Å². The van der Waals surface area contributed by atoms with Gasteiger partial charge in [-0.3, -0.25) is 9.78 Å². The average Bonchev–Trinajstić information content (AvgIpc) is 2.49. The molecule has 0 saturated heterocycles. The van der Waals surface area contributed by atoms with Crippen LogP contribution < -0.4 is 10.6 Å². The highest BCUT2D eigenvalue weighted by atomic mass is 32.2. The van der Waals surface area contributed by atoms with Crippen LogP contribution in [0.3, 0.4) is 0 Å². The molecule has 2 rings (SSSR count). The highest BCUT2D eigenvalue weighted by Crippen LogP contribution is 2.34. The summed E-state index contributed by atoms with van der Waals surface area (Å²) in [5, 5.41) is 9.11. The van der Waals surface area contributed by atoms with Crippen molar-refractivity contribution in [1.82, 2.24) is 4.98 Å². The number of carbonyl (C=O) groups excluding carboxylic acids is 1. The molecule has 6 nitrogen and oxygen atoms in total. The number of carboxylic acids is 1. The van der Waals surface area contributed by atoms with E-state index in [9.17, 15) is 9.59 Å². The molecule has 1 aromatic rings. The summed E-state index contributed by atoms with van der Waals surface area (Å²) in [5.41, 5.74) is 5.20. The fraction of sp³-hybridized carbons (Fsp3) is 0.417. The largest absolute Gasteiger partial charge is 0.480 e. The summed E-state index contributed by atoms with van der Waals surface area (Å²) >= 11 is 1.51. The first-order chi connectivity index (χ1) is 8.84. The Kier molecular flexibility index (Phi) is 3.51. The summed E-state index contributed by atoms with van der Waals surface area (Å²) in [5.74, 6) is -0.453. The van der Waals surface area contributed by atoms with Gasteiger partial charge in [0, 0.05) is 24.1 Å². The van der Waals surface area contributed by atoms with Gasteiger partial charge in [-0.25, -0.2) is 4.79 Å². The van der Waals surface area contributed by atoms with E-state index in [-0.39, 0.29) is 11.6 Å². The number of carboxylic acid groups (broad SMARTS) is 1. The third-order valence-corrected chi connectivity index (χ3v) is 4.18. The van der Waals surface area contributed by atoms with E-state index < -0.39 is 11.5 Å². The molecule has 1 amide bonds. The second kappa shape index (κ2) is 4.82. The molecular weight excluding hydrogens is 266 g/mol. The molecule has 1 aromatic heterocycles. The second-order valence-corrected chi connectivity index (χ2v) is 5.73. The zero-order chi connectivity index (χ0) is 14.2. The number of aromatic nitrogens is 1. The summed E-state index contributed by atoms with van der Waals surface area (Å²) in [6.07, 6.45) is 1.96. The lowest BCUT2D eigenvalue weighted by molar-refractivity contribution is -0.143. The Morgan fingerprint density at radius 2 is 2.32 bits per heavy atom. The van der Waals surface area contributed by atoms with Crippen molar-refractivity contribution in [2.45, 2.75) is 23.8 Å². The fourth-order valence-corrected chi connectivity index (χ4v) is 2.77. The smallest absolute Gasteiger partial charge is 0.329 e. The minimum Gasteiger partial charge on any atom is -0.480 e. The van der Waals surface area contributed by atoms with Crippen LogP contribution in [0.1, 0.15) is 19.0 Å². The Morgan fingerprint density at radius 1 is 1.63 bits per heavy atom. The monoisotopic (exact) mass is 281 g/mol. The lowest BCUT2D eigenvalue weighted by atomic mass is 9.99. The molecule has 102 valence electrons. The van der Waals surface area contributed by atoms with Gasteiger partial charge in [-0.1, -0.05) is 0 Å². The van der Waals surface area contributed by atoms with Gasteiger partial charge in [-0.05, 0) is 13.0 Å². The highest BCUT2D eigenvalue weighted by Gasteiger charge is 2.33. The maximum Gasteiger partial charge on any atom is 0.329 e. The molecule has 1 aliphatic heterocycles. The van der Waals surface area contributed by atoms with E-state index in [1.54, 1.807) is 18.0 Å². The predicted molar refractivity (Wildman–Crippen MR) is 72.2 cm³/mol. The number of nitrogens with zero attached hydrogens (tertiary/aromatic N) is 2. The van der Waals surface area contributed by atoms with Gasteiger partial charge in [0.25, 0.3) is 0 Å². The van der Waals surface area contributed by atoms with Crippen LogP contribution in [0.5, 0.6) is 0 Å². The van der Waals surface area contributed by atoms with Crippen LogP contribution in [0.2, 0.25) is 0 Å². The molecule has 1 unspecified atom stereocenters. The first-order valence-electron chi connectivity index (χ1n) is 5.76. The number of aliphatic carboxylic acids is 1. The predicted octanol–water partition coefficient (Wildman–Crippen LogP) is 0.799. The molecule has 1 aliphatic rings. The van der Waals surface area contributed by atoms with Crippen molar-refractivity contribution in [3.05, 3.63) is 18.0 Å². The third-order valence-electron chi connectivity index (χ3n) is 3.13. The number of rotatable bonds is 2. The fourth-order valence-electron chi connectivity index (χ4n) is 1.74. The molecule has 7 heteroatoms. The molecule has 0 spiro atoms. The van der Waals surface area contributed by atoms with Gasteiger partial charge in [0.2, 0.25) is 5.91 Å². The Morgan fingerprint density at radius 3 is 2.95 bits per heavy atom. The summed E-state index contributed by atoms with van der Waals surface area (Å²) in [6, 6.07) is 1.66. The van der Waals surface area contributed by atoms with Gasteiger partial charge in [-0.15, -0.1) is 11.8 Å². The molecule has 0 bridgehead atoms. The average molecular weight is 281 g/mol. The van der Waals surface area contributed by atoms with E-state index in [1.807, 2.05) is 0 Å². The minimum atomic E-state index is -1.54. The summed E-state index contributed by atoms with van der Waals surface area (Å²) in [7, 11) is 1.69. The van der Waals surface area contributed by atoms with Crippen LogP contribution in [0.25, 0.3) is 0 Å². The summed E-state index contributed by atoms with van der Waals surface area (Å²) < 4.78 is 0. The van der Waals surface area contributed by atoms with E-state index in [2.05, 4.69) is 4.98 Å². The Hall–Kier alpha value is -1.60. The number of thioether (sulfide) groups is 1. The number of pyridine rings is 1. The number of fused-ring (bicyclic) bond motifs is 1. The summed E-state index contributed by atoms with van der Waals surface area (Å²) in [6.45, 7) is 1.40. The minimum absolute atomic E-state index is 0.0227. The molecule has 19 heavy (non-hydrogen) atoms. The topological polar surface area (TPSA) is 96.5 Å². The molecular formula is C12H15N3O3S. The van der Waals surface area contributed by atoms with Gasteiger partial charge >= 0.3 is 5.97 Å². The number of nitrogens with two attached hydrogens (primary N) is 1. The van der Waals surface area contributed by atoms with Crippen LogP contribution in [0, 0.1) is 0 Å². The van der Waals surface area contributed by atoms with Crippen molar-refractivity contribution in [3.8, 4) is 0 Å². The number of amides is 1. The van der Waals surface area contributed by atoms with Gasteiger partial charge in [0.1, 0.15) is 0 Å². The lowest BCUT2D eigenvalue weighted by Gasteiger charge is -2.21. The SMILES string of the molecule is CN1C(=O)CCSc2cc(C(C)(N)C(=O)O)ncc21. The lowest BCUT2D eigenvalue weighted by Crippen LogP contribution is -2.42. The Bertz CT molecular complexity index is 545. The molecule has 2 heterocycles. The number of hydrogen-bond acceptors (Lipinski definition) is 5. The van der Waals surface area contributed by atoms with E-state index >= 15 is 0 Å². The van der Waals surface area contributed by atoms with Gasteiger partial charge in [0.05, 0.1) is 17.6 Å². The van der Waals surface area contributed by atoms with E-state index in [0.29, 0.717) is 17.9 Å². The second-order valence-electron chi connectivity index (χ2n) is 4.60. The van der Waals surface area contributed by atoms with Crippen LogP contribution >= 0.6 is 11.8 Å². The van der Waals surface area contributed by atoms with Crippen molar-refractivity contribution in [2.24, 2.45) is 5.73 Å². The van der Waals surface area contributed by atoms with Crippen molar-refractivity contribution in [1.29, 1.82) is 0 Å². The molecule has 0 radical (unpaired) electrons. The van der Waals surface area contributed by atoms with Crippen LogP contribution in [0.15, 0.2) is 17.2 Å². The third kappa shape index (κ3) is 2.43. The van der Waals surface area contributed by atoms with E-state index in [4.69, 9.17) is 10.8 Å². The van der Waals surface area contributed by atoms with Crippen LogP contribution in [-0.4, -0.2) is 34.8 Å². The van der Waals surface area contributed by atoms with Crippen LogP contribution in [-0.2, 0) is 15.1 Å². The summed E-state index contributed by atoms with van der Waals surface area (Å²) in [4.78, 5) is 29.3. The molecule has 0 saturated carbocycles. The van der Waals surface area contributed by atoms with Crippen molar-refractivity contribution in [3.63, 3.8) is 0 Å². The number of hydrogen-bond donors (Lipinski definition) is 2. The molecule has 3 N–H and O–H groups in total. The first kappa shape index (κ1) is 13.8.